The van der Waals surface area contributed by atoms with Gasteiger partial charge >= 0.3 is 0 Å². The van der Waals surface area contributed by atoms with Gasteiger partial charge in [-0.05, 0) is 31.2 Å². The monoisotopic (exact) mass is 320 g/mol. The van der Waals surface area contributed by atoms with Crippen molar-refractivity contribution in [3.8, 4) is 0 Å². The summed E-state index contributed by atoms with van der Waals surface area (Å²) in [5.74, 6) is 0.0368. The number of hydrogen-bond acceptors (Lipinski definition) is 3. The molecule has 2 heterocycles. The summed E-state index contributed by atoms with van der Waals surface area (Å²) in [7, 11) is 0. The van der Waals surface area contributed by atoms with Gasteiger partial charge in [0.05, 0.1) is 5.92 Å². The number of nitrogens with one attached hydrogen (secondary N) is 1. The molecule has 1 aromatic rings. The van der Waals surface area contributed by atoms with Crippen LogP contribution in [0, 0.1) is 5.92 Å². The third-order valence-corrected chi connectivity index (χ3v) is 5.67. The summed E-state index contributed by atoms with van der Waals surface area (Å²) in [6.45, 7) is 2.64. The van der Waals surface area contributed by atoms with Crippen LogP contribution in [0.4, 0.5) is 0 Å². The van der Waals surface area contributed by atoms with Crippen LogP contribution in [-0.4, -0.2) is 35.3 Å². The third kappa shape index (κ3) is 3.51. The molecular weight excluding hydrogens is 296 g/mol. The average molecular weight is 320 g/mol. The van der Waals surface area contributed by atoms with Gasteiger partial charge in [-0.15, -0.1) is 11.3 Å². The first-order chi connectivity index (χ1) is 10.6. The fourth-order valence-corrected chi connectivity index (χ4v) is 4.45. The maximum absolute atomic E-state index is 12.4. The number of likely N-dealkylation sites (tertiary alicyclic amines) is 1. The van der Waals surface area contributed by atoms with Crippen molar-refractivity contribution >= 4 is 23.2 Å². The molecule has 0 radical (unpaired) electrons. The zero-order valence-corrected chi connectivity index (χ0v) is 13.9. The molecule has 2 unspecified atom stereocenters. The summed E-state index contributed by atoms with van der Waals surface area (Å²) < 4.78 is 0. The fraction of sp³-hybridized carbons (Fsp3) is 0.647. The standard InChI is InChI=1S/C17H24N2O2S/c1-12(9-15-7-4-8-22-15)18-17(21)13-10-16(20)19(11-13)14-5-2-3-6-14/h4,7-8,12-14H,2-3,5-6,9-11H2,1H3,(H,18,21). The lowest BCUT2D eigenvalue weighted by Gasteiger charge is -2.24. The summed E-state index contributed by atoms with van der Waals surface area (Å²) in [6.07, 6.45) is 5.88. The van der Waals surface area contributed by atoms with Crippen molar-refractivity contribution in [1.82, 2.24) is 10.2 Å². The van der Waals surface area contributed by atoms with Crippen molar-refractivity contribution in [2.75, 3.05) is 6.54 Å². The van der Waals surface area contributed by atoms with E-state index in [9.17, 15) is 9.59 Å². The molecule has 0 bridgehead atoms. The minimum absolute atomic E-state index is 0.0397. The second kappa shape index (κ2) is 6.82. The molecule has 2 amide bonds. The highest BCUT2D eigenvalue weighted by molar-refractivity contribution is 7.09. The number of carbonyl (C=O) groups is 2. The van der Waals surface area contributed by atoms with Crippen LogP contribution in [0.2, 0.25) is 0 Å². The lowest BCUT2D eigenvalue weighted by Crippen LogP contribution is -2.40. The second-order valence-electron chi connectivity index (χ2n) is 6.58. The van der Waals surface area contributed by atoms with E-state index in [1.165, 1.54) is 17.7 Å². The van der Waals surface area contributed by atoms with Crippen molar-refractivity contribution in [3.63, 3.8) is 0 Å². The van der Waals surface area contributed by atoms with E-state index in [0.717, 1.165) is 19.3 Å². The molecule has 120 valence electrons. The minimum Gasteiger partial charge on any atom is -0.353 e. The quantitative estimate of drug-likeness (QED) is 0.906. The maximum Gasteiger partial charge on any atom is 0.225 e. The number of rotatable bonds is 5. The predicted molar refractivity (Wildman–Crippen MR) is 87.7 cm³/mol. The van der Waals surface area contributed by atoms with E-state index in [4.69, 9.17) is 0 Å². The molecule has 4 nitrogen and oxygen atoms in total. The summed E-state index contributed by atoms with van der Waals surface area (Å²) >= 11 is 1.71. The lowest BCUT2D eigenvalue weighted by atomic mass is 10.1. The first-order valence-corrected chi connectivity index (χ1v) is 9.13. The molecule has 3 rings (SSSR count). The van der Waals surface area contributed by atoms with Crippen molar-refractivity contribution in [3.05, 3.63) is 22.4 Å². The first kappa shape index (κ1) is 15.5. The highest BCUT2D eigenvalue weighted by atomic mass is 32.1. The van der Waals surface area contributed by atoms with E-state index in [1.54, 1.807) is 11.3 Å². The average Bonchev–Trinajstić information content (AvgIpc) is 3.18. The third-order valence-electron chi connectivity index (χ3n) is 4.77. The summed E-state index contributed by atoms with van der Waals surface area (Å²) in [5.41, 5.74) is 0. The van der Waals surface area contributed by atoms with Gasteiger partial charge in [-0.2, -0.15) is 0 Å². The second-order valence-corrected chi connectivity index (χ2v) is 7.61. The molecule has 0 aromatic carbocycles. The Hall–Kier alpha value is -1.36. The largest absolute Gasteiger partial charge is 0.353 e. The van der Waals surface area contributed by atoms with Gasteiger partial charge in [0.2, 0.25) is 11.8 Å². The molecule has 1 saturated heterocycles. The molecule has 1 N–H and O–H groups in total. The first-order valence-electron chi connectivity index (χ1n) is 8.25. The summed E-state index contributed by atoms with van der Waals surface area (Å²) in [6, 6.07) is 4.62. The Kier molecular flexibility index (Phi) is 4.81. The van der Waals surface area contributed by atoms with Crippen molar-refractivity contribution in [1.29, 1.82) is 0 Å². The normalized spacial score (nSPS) is 24.0. The molecule has 2 atom stereocenters. The van der Waals surface area contributed by atoms with E-state index in [2.05, 4.69) is 16.8 Å². The Morgan fingerprint density at radius 3 is 2.91 bits per heavy atom. The Labute approximate surface area is 135 Å². The number of hydrogen-bond donors (Lipinski definition) is 1. The molecule has 1 saturated carbocycles. The van der Waals surface area contributed by atoms with Gasteiger partial charge in [0.25, 0.3) is 0 Å². The maximum atomic E-state index is 12.4. The fourth-order valence-electron chi connectivity index (χ4n) is 3.62. The SMILES string of the molecule is CC(Cc1cccs1)NC(=O)C1CC(=O)N(C2CCCC2)C1. The molecule has 5 heteroatoms. The van der Waals surface area contributed by atoms with E-state index in [0.29, 0.717) is 19.0 Å². The zero-order valence-electron chi connectivity index (χ0n) is 13.1. The van der Waals surface area contributed by atoms with Gasteiger partial charge in [-0.1, -0.05) is 18.9 Å². The highest BCUT2D eigenvalue weighted by Gasteiger charge is 2.38. The number of thiophene rings is 1. The van der Waals surface area contributed by atoms with Gasteiger partial charge in [0.15, 0.2) is 0 Å². The number of nitrogens with zero attached hydrogens (tertiary/aromatic N) is 1. The van der Waals surface area contributed by atoms with Gasteiger partial charge in [0.1, 0.15) is 0 Å². The van der Waals surface area contributed by atoms with E-state index >= 15 is 0 Å². The van der Waals surface area contributed by atoms with Crippen LogP contribution in [0.1, 0.15) is 43.9 Å². The lowest BCUT2D eigenvalue weighted by molar-refractivity contribution is -0.130. The number of carbonyl (C=O) groups excluding carboxylic acids is 2. The van der Waals surface area contributed by atoms with Gasteiger partial charge in [-0.25, -0.2) is 0 Å². The highest BCUT2D eigenvalue weighted by Crippen LogP contribution is 2.29. The van der Waals surface area contributed by atoms with Crippen LogP contribution in [0.3, 0.4) is 0 Å². The van der Waals surface area contributed by atoms with Crippen molar-refractivity contribution < 1.29 is 9.59 Å². The summed E-state index contributed by atoms with van der Waals surface area (Å²) in [4.78, 5) is 27.8. The Morgan fingerprint density at radius 1 is 1.45 bits per heavy atom. The Balaban J connectivity index is 1.51. The molecule has 2 fully saturated rings. The molecule has 1 aliphatic heterocycles. The molecular formula is C17H24N2O2S. The van der Waals surface area contributed by atoms with Crippen LogP contribution in [0.5, 0.6) is 0 Å². The van der Waals surface area contributed by atoms with Crippen molar-refractivity contribution in [2.45, 2.75) is 57.5 Å². The van der Waals surface area contributed by atoms with Crippen LogP contribution < -0.4 is 5.32 Å². The molecule has 2 aliphatic rings. The van der Waals surface area contributed by atoms with E-state index < -0.39 is 0 Å². The Morgan fingerprint density at radius 2 is 2.23 bits per heavy atom. The molecule has 0 spiro atoms. The van der Waals surface area contributed by atoms with Crippen LogP contribution in [-0.2, 0) is 16.0 Å². The Bertz CT molecular complexity index is 523. The molecule has 1 aliphatic carbocycles. The van der Waals surface area contributed by atoms with Crippen LogP contribution in [0.25, 0.3) is 0 Å². The smallest absolute Gasteiger partial charge is 0.225 e. The van der Waals surface area contributed by atoms with Crippen LogP contribution >= 0.6 is 11.3 Å². The topological polar surface area (TPSA) is 49.4 Å². The predicted octanol–water partition coefficient (Wildman–Crippen LogP) is 2.59. The van der Waals surface area contributed by atoms with Gasteiger partial charge in [-0.3, -0.25) is 9.59 Å². The zero-order chi connectivity index (χ0) is 15.5. The van der Waals surface area contributed by atoms with Gasteiger partial charge < -0.3 is 10.2 Å². The van der Waals surface area contributed by atoms with E-state index in [1.807, 2.05) is 17.9 Å². The minimum atomic E-state index is -0.168. The number of amides is 2. The molecule has 22 heavy (non-hydrogen) atoms. The van der Waals surface area contributed by atoms with Crippen LogP contribution in [0.15, 0.2) is 17.5 Å². The summed E-state index contributed by atoms with van der Waals surface area (Å²) in [5, 5.41) is 5.14. The van der Waals surface area contributed by atoms with Crippen molar-refractivity contribution in [2.24, 2.45) is 5.92 Å². The van der Waals surface area contributed by atoms with Gasteiger partial charge in [0, 0.05) is 36.3 Å². The van der Waals surface area contributed by atoms with E-state index in [-0.39, 0.29) is 23.8 Å². The molecule has 1 aromatic heterocycles.